The first kappa shape index (κ1) is 16.2. The van der Waals surface area contributed by atoms with Crippen LogP contribution < -0.4 is 10.1 Å². The largest absolute Gasteiger partial charge is 0.481 e. The Hall–Kier alpha value is -2.14. The highest BCUT2D eigenvalue weighted by Gasteiger charge is 2.19. The van der Waals surface area contributed by atoms with Crippen molar-refractivity contribution in [2.45, 2.75) is 19.4 Å². The molecule has 0 bridgehead atoms. The maximum Gasteiger partial charge on any atom is 0.265 e. The van der Waals surface area contributed by atoms with E-state index in [2.05, 4.69) is 5.32 Å². The van der Waals surface area contributed by atoms with Gasteiger partial charge in [0.15, 0.2) is 17.7 Å². The van der Waals surface area contributed by atoms with Crippen molar-refractivity contribution in [1.82, 2.24) is 0 Å². The van der Waals surface area contributed by atoms with Gasteiger partial charge in [-0.3, -0.25) is 4.79 Å². The second-order valence-electron chi connectivity index (χ2n) is 4.59. The average molecular weight is 326 g/mol. The molecule has 2 aromatic carbocycles. The summed E-state index contributed by atoms with van der Waals surface area (Å²) in [4.78, 5) is 12.1. The van der Waals surface area contributed by atoms with Crippen molar-refractivity contribution < 1.29 is 18.3 Å². The normalized spacial score (nSPS) is 11.8. The predicted octanol–water partition coefficient (Wildman–Crippen LogP) is 4.41. The summed E-state index contributed by atoms with van der Waals surface area (Å²) in [6.07, 6.45) is -0.340. The Morgan fingerprint density at radius 1 is 1.18 bits per heavy atom. The maximum absolute atomic E-state index is 13.1. The first-order valence-electron chi connectivity index (χ1n) is 6.67. The molecule has 1 N–H and O–H groups in total. The van der Waals surface area contributed by atoms with Crippen LogP contribution in [0.4, 0.5) is 14.5 Å². The molecule has 0 fully saturated rings. The van der Waals surface area contributed by atoms with Crippen molar-refractivity contribution in [3.05, 3.63) is 59.1 Å². The predicted molar refractivity (Wildman–Crippen MR) is 81.1 cm³/mol. The topological polar surface area (TPSA) is 38.3 Å². The van der Waals surface area contributed by atoms with Gasteiger partial charge in [-0.2, -0.15) is 0 Å². The summed E-state index contributed by atoms with van der Waals surface area (Å²) < 4.78 is 31.6. The second-order valence-corrected chi connectivity index (χ2v) is 5.02. The number of carbonyl (C=O) groups excluding carboxylic acids is 1. The van der Waals surface area contributed by atoms with Crippen LogP contribution in [0.15, 0.2) is 42.5 Å². The molecule has 0 aliphatic carbocycles. The van der Waals surface area contributed by atoms with Gasteiger partial charge in [0.25, 0.3) is 5.91 Å². The minimum atomic E-state index is -1.02. The van der Waals surface area contributed by atoms with Crippen molar-refractivity contribution in [3.8, 4) is 5.75 Å². The molecular weight excluding hydrogens is 312 g/mol. The van der Waals surface area contributed by atoms with Gasteiger partial charge in [-0.15, -0.1) is 0 Å². The van der Waals surface area contributed by atoms with Crippen molar-refractivity contribution >= 4 is 23.2 Å². The van der Waals surface area contributed by atoms with Crippen molar-refractivity contribution in [3.63, 3.8) is 0 Å². The lowest BCUT2D eigenvalue weighted by Gasteiger charge is -2.17. The minimum Gasteiger partial charge on any atom is -0.481 e. The van der Waals surface area contributed by atoms with Gasteiger partial charge < -0.3 is 10.1 Å². The third-order valence-electron chi connectivity index (χ3n) is 2.94. The van der Waals surface area contributed by atoms with E-state index in [0.29, 0.717) is 17.2 Å². The molecule has 0 heterocycles. The molecule has 2 aromatic rings. The Kier molecular flexibility index (Phi) is 5.33. The van der Waals surface area contributed by atoms with Crippen molar-refractivity contribution in [1.29, 1.82) is 0 Å². The first-order chi connectivity index (χ1) is 10.5. The number of amides is 1. The molecule has 0 spiro atoms. The van der Waals surface area contributed by atoms with Gasteiger partial charge in [0, 0.05) is 16.8 Å². The third-order valence-corrected chi connectivity index (χ3v) is 3.19. The van der Waals surface area contributed by atoms with E-state index in [1.165, 1.54) is 6.07 Å². The third kappa shape index (κ3) is 4.18. The number of benzene rings is 2. The zero-order chi connectivity index (χ0) is 16.1. The monoisotopic (exact) mass is 325 g/mol. The number of nitrogens with one attached hydrogen (secondary N) is 1. The summed E-state index contributed by atoms with van der Waals surface area (Å²) in [6.45, 7) is 1.78. The minimum absolute atomic E-state index is 0.169. The molecule has 0 saturated carbocycles. The quantitative estimate of drug-likeness (QED) is 0.884. The van der Waals surface area contributed by atoms with Crippen LogP contribution in [0, 0.1) is 11.6 Å². The van der Waals surface area contributed by atoms with E-state index in [0.717, 1.165) is 12.1 Å². The summed E-state index contributed by atoms with van der Waals surface area (Å²) in [6, 6.07) is 9.75. The molecule has 0 unspecified atom stereocenters. The van der Waals surface area contributed by atoms with Gasteiger partial charge in [0.1, 0.15) is 5.75 Å². The molecule has 1 atom stereocenters. The Balaban J connectivity index is 2.04. The summed E-state index contributed by atoms with van der Waals surface area (Å²) in [5, 5.41) is 3.06. The Labute approximate surface area is 131 Å². The standard InChI is InChI=1S/C16H14ClF2NO2/c1-2-15(22-12-6-3-10(17)4-7-12)16(21)20-11-5-8-13(18)14(19)9-11/h3-9,15H,2H2,1H3,(H,20,21)/t15-/m1/s1. The van der Waals surface area contributed by atoms with E-state index in [-0.39, 0.29) is 5.69 Å². The summed E-state index contributed by atoms with van der Waals surface area (Å²) >= 11 is 5.78. The van der Waals surface area contributed by atoms with Crippen molar-refractivity contribution in [2.75, 3.05) is 5.32 Å². The number of halogens is 3. The molecule has 0 aliphatic heterocycles. The van der Waals surface area contributed by atoms with Gasteiger partial charge >= 0.3 is 0 Å². The van der Waals surface area contributed by atoms with Crippen LogP contribution in [0.5, 0.6) is 5.75 Å². The van der Waals surface area contributed by atoms with E-state index in [1.54, 1.807) is 31.2 Å². The highest BCUT2D eigenvalue weighted by atomic mass is 35.5. The van der Waals surface area contributed by atoms with E-state index in [9.17, 15) is 13.6 Å². The van der Waals surface area contributed by atoms with Crippen LogP contribution in [-0.2, 0) is 4.79 Å². The number of ether oxygens (including phenoxy) is 1. The van der Waals surface area contributed by atoms with Gasteiger partial charge in [0.05, 0.1) is 0 Å². The maximum atomic E-state index is 13.1. The molecule has 0 radical (unpaired) electrons. The molecule has 0 aromatic heterocycles. The van der Waals surface area contributed by atoms with Crippen LogP contribution in [0.2, 0.25) is 5.02 Å². The lowest BCUT2D eigenvalue weighted by atomic mass is 10.2. The van der Waals surface area contributed by atoms with Gasteiger partial charge in [-0.1, -0.05) is 18.5 Å². The van der Waals surface area contributed by atoms with E-state index in [1.807, 2.05) is 0 Å². The molecule has 6 heteroatoms. The Morgan fingerprint density at radius 2 is 1.86 bits per heavy atom. The fourth-order valence-corrected chi connectivity index (χ4v) is 1.92. The van der Waals surface area contributed by atoms with Crippen LogP contribution in [-0.4, -0.2) is 12.0 Å². The van der Waals surface area contributed by atoms with E-state index < -0.39 is 23.6 Å². The number of carbonyl (C=O) groups is 1. The number of rotatable bonds is 5. The number of anilines is 1. The van der Waals surface area contributed by atoms with Crippen LogP contribution >= 0.6 is 11.6 Å². The molecule has 0 saturated heterocycles. The zero-order valence-electron chi connectivity index (χ0n) is 11.8. The molecule has 116 valence electrons. The van der Waals surface area contributed by atoms with Crippen LogP contribution in [0.25, 0.3) is 0 Å². The molecule has 22 heavy (non-hydrogen) atoms. The highest BCUT2D eigenvalue weighted by molar-refractivity contribution is 6.30. The SMILES string of the molecule is CC[C@@H](Oc1ccc(Cl)cc1)C(=O)Nc1ccc(F)c(F)c1. The lowest BCUT2D eigenvalue weighted by Crippen LogP contribution is -2.32. The smallest absolute Gasteiger partial charge is 0.265 e. The molecule has 0 aliphatic rings. The first-order valence-corrected chi connectivity index (χ1v) is 7.05. The molecule has 2 rings (SSSR count). The lowest BCUT2D eigenvalue weighted by molar-refractivity contribution is -0.122. The van der Waals surface area contributed by atoms with Crippen LogP contribution in [0.1, 0.15) is 13.3 Å². The highest BCUT2D eigenvalue weighted by Crippen LogP contribution is 2.19. The fraction of sp³-hybridized carbons (Fsp3) is 0.188. The van der Waals surface area contributed by atoms with E-state index >= 15 is 0 Å². The number of hydrogen-bond donors (Lipinski definition) is 1. The summed E-state index contributed by atoms with van der Waals surface area (Å²) in [7, 11) is 0. The summed E-state index contributed by atoms with van der Waals surface area (Å²) in [5.41, 5.74) is 0.169. The van der Waals surface area contributed by atoms with Gasteiger partial charge in [-0.05, 0) is 42.8 Å². The molecule has 1 amide bonds. The zero-order valence-corrected chi connectivity index (χ0v) is 12.5. The molecular formula is C16H14ClF2NO2. The van der Waals surface area contributed by atoms with Crippen LogP contribution in [0.3, 0.4) is 0 Å². The summed E-state index contributed by atoms with van der Waals surface area (Å²) in [5.74, 6) is -1.94. The Morgan fingerprint density at radius 3 is 2.45 bits per heavy atom. The van der Waals surface area contributed by atoms with Crippen molar-refractivity contribution in [2.24, 2.45) is 0 Å². The van der Waals surface area contributed by atoms with Gasteiger partial charge in [0.2, 0.25) is 0 Å². The molecule has 3 nitrogen and oxygen atoms in total. The average Bonchev–Trinajstić information content (AvgIpc) is 2.50. The Bertz CT molecular complexity index is 662. The van der Waals surface area contributed by atoms with E-state index in [4.69, 9.17) is 16.3 Å². The second kappa shape index (κ2) is 7.22. The number of hydrogen-bond acceptors (Lipinski definition) is 2. The van der Waals surface area contributed by atoms with Gasteiger partial charge in [-0.25, -0.2) is 8.78 Å². The fourth-order valence-electron chi connectivity index (χ4n) is 1.80.